The van der Waals surface area contributed by atoms with Crippen LogP contribution in [-0.2, 0) is 4.79 Å². The van der Waals surface area contributed by atoms with E-state index in [1.165, 1.54) is 17.3 Å². The van der Waals surface area contributed by atoms with Gasteiger partial charge in [-0.05, 0) is 42.2 Å². The van der Waals surface area contributed by atoms with E-state index in [4.69, 9.17) is 14.5 Å². The van der Waals surface area contributed by atoms with Gasteiger partial charge in [0.1, 0.15) is 5.03 Å². The number of hydrogen-bond donors (Lipinski definition) is 1. The summed E-state index contributed by atoms with van der Waals surface area (Å²) in [4.78, 5) is 17.2. The molecule has 8 heteroatoms. The molecule has 1 N–H and O–H groups in total. The maximum absolute atomic E-state index is 12.5. The number of hydrogen-bond acceptors (Lipinski definition) is 6. The summed E-state index contributed by atoms with van der Waals surface area (Å²) in [5, 5.41) is 8.45. The molecular weight excluding hydrogens is 448 g/mol. The molecule has 176 valence electrons. The van der Waals surface area contributed by atoms with E-state index in [1.54, 1.807) is 24.9 Å². The highest BCUT2D eigenvalue weighted by Gasteiger charge is 2.16. The lowest BCUT2D eigenvalue weighted by molar-refractivity contribution is -0.118. The van der Waals surface area contributed by atoms with Crippen molar-refractivity contribution < 1.29 is 14.3 Å². The second-order valence-corrected chi connectivity index (χ2v) is 9.00. The zero-order valence-corrected chi connectivity index (χ0v) is 20.6. The third kappa shape index (κ3) is 5.17. The first-order valence-corrected chi connectivity index (χ1v) is 12.0. The number of nitrogens with zero attached hydrogens (tertiary/aromatic N) is 3. The predicted molar refractivity (Wildman–Crippen MR) is 135 cm³/mol. The number of carbonyl (C=O) groups excluding carboxylic acids is 1. The minimum Gasteiger partial charge on any atom is -0.493 e. The third-order valence-corrected chi connectivity index (χ3v) is 6.58. The maximum Gasteiger partial charge on any atom is 0.230 e. The van der Waals surface area contributed by atoms with Gasteiger partial charge in [-0.15, -0.1) is 0 Å². The van der Waals surface area contributed by atoms with E-state index in [0.717, 1.165) is 27.5 Å². The van der Waals surface area contributed by atoms with Gasteiger partial charge in [0.15, 0.2) is 17.1 Å². The molecular formula is C26H28N4O3S. The van der Waals surface area contributed by atoms with E-state index >= 15 is 0 Å². The fourth-order valence-electron chi connectivity index (χ4n) is 3.72. The summed E-state index contributed by atoms with van der Waals surface area (Å²) in [6, 6.07) is 17.9. The van der Waals surface area contributed by atoms with Crippen molar-refractivity contribution in [1.29, 1.82) is 0 Å². The zero-order valence-electron chi connectivity index (χ0n) is 19.7. The van der Waals surface area contributed by atoms with E-state index in [2.05, 4.69) is 29.5 Å². The molecule has 2 aromatic heterocycles. The minimum atomic E-state index is -0.0114. The van der Waals surface area contributed by atoms with Gasteiger partial charge >= 0.3 is 0 Å². The molecule has 0 bridgehead atoms. The van der Waals surface area contributed by atoms with Crippen molar-refractivity contribution in [2.45, 2.75) is 24.8 Å². The summed E-state index contributed by atoms with van der Waals surface area (Å²) in [5.41, 5.74) is 4.60. The van der Waals surface area contributed by atoms with Gasteiger partial charge in [-0.1, -0.05) is 55.1 Å². The fraction of sp³-hybridized carbons (Fsp3) is 0.269. The SMILES string of the molecule is COc1ccc(-c2cnn3c(SCC(=O)NC[C@@H](C)c4ccccc4)cc(C)nc23)cc1OC. The van der Waals surface area contributed by atoms with E-state index < -0.39 is 0 Å². The largest absolute Gasteiger partial charge is 0.493 e. The molecule has 0 saturated heterocycles. The zero-order chi connectivity index (χ0) is 24.1. The minimum absolute atomic E-state index is 0.0114. The number of aryl methyl sites for hydroxylation is 1. The number of methoxy groups -OCH3 is 2. The Labute approximate surface area is 203 Å². The van der Waals surface area contributed by atoms with Crippen LogP contribution in [0.4, 0.5) is 0 Å². The summed E-state index contributed by atoms with van der Waals surface area (Å²) in [7, 11) is 3.22. The number of benzene rings is 2. The number of nitrogens with one attached hydrogen (secondary N) is 1. The Hall–Kier alpha value is -3.52. The molecule has 1 atom stereocenters. The highest BCUT2D eigenvalue weighted by Crippen LogP contribution is 2.34. The lowest BCUT2D eigenvalue weighted by Crippen LogP contribution is -2.29. The van der Waals surface area contributed by atoms with Gasteiger partial charge in [0.2, 0.25) is 5.91 Å². The lowest BCUT2D eigenvalue weighted by atomic mass is 10.0. The molecule has 2 aromatic carbocycles. The molecule has 0 radical (unpaired) electrons. The van der Waals surface area contributed by atoms with E-state index in [9.17, 15) is 4.79 Å². The van der Waals surface area contributed by atoms with Gasteiger partial charge < -0.3 is 14.8 Å². The van der Waals surface area contributed by atoms with Gasteiger partial charge in [-0.3, -0.25) is 4.79 Å². The summed E-state index contributed by atoms with van der Waals surface area (Å²) in [6.07, 6.45) is 1.79. The Balaban J connectivity index is 1.49. The molecule has 7 nitrogen and oxygen atoms in total. The van der Waals surface area contributed by atoms with E-state index in [0.29, 0.717) is 23.8 Å². The second kappa shape index (κ2) is 10.6. The molecule has 34 heavy (non-hydrogen) atoms. The van der Waals surface area contributed by atoms with Crippen LogP contribution < -0.4 is 14.8 Å². The number of amides is 1. The van der Waals surface area contributed by atoms with Gasteiger partial charge in [0, 0.05) is 17.8 Å². The number of rotatable bonds is 9. The van der Waals surface area contributed by atoms with Crippen LogP contribution >= 0.6 is 11.8 Å². The van der Waals surface area contributed by atoms with Crippen molar-refractivity contribution in [3.05, 3.63) is 72.1 Å². The Kier molecular flexibility index (Phi) is 7.37. The van der Waals surface area contributed by atoms with Crippen molar-refractivity contribution in [3.63, 3.8) is 0 Å². The first-order valence-electron chi connectivity index (χ1n) is 11.0. The van der Waals surface area contributed by atoms with Crippen LogP contribution in [0, 0.1) is 6.92 Å². The highest BCUT2D eigenvalue weighted by atomic mass is 32.2. The quantitative estimate of drug-likeness (QED) is 0.278. The number of carbonyl (C=O) groups is 1. The molecule has 4 aromatic rings. The molecule has 0 aliphatic rings. The molecule has 0 fully saturated rings. The second-order valence-electron chi connectivity index (χ2n) is 8.00. The molecule has 0 aliphatic heterocycles. The van der Waals surface area contributed by atoms with Crippen LogP contribution in [0.15, 0.2) is 65.8 Å². The Bertz CT molecular complexity index is 1290. The fourth-order valence-corrected chi connectivity index (χ4v) is 4.61. The Morgan fingerprint density at radius 1 is 1.09 bits per heavy atom. The van der Waals surface area contributed by atoms with Crippen molar-refractivity contribution in [3.8, 4) is 22.6 Å². The van der Waals surface area contributed by atoms with Gasteiger partial charge in [0.05, 0.1) is 26.2 Å². The normalized spacial score (nSPS) is 11.9. The predicted octanol–water partition coefficient (Wildman–Crippen LogP) is 4.73. The van der Waals surface area contributed by atoms with E-state index in [-0.39, 0.29) is 11.8 Å². The van der Waals surface area contributed by atoms with Gasteiger partial charge in [0.25, 0.3) is 0 Å². The van der Waals surface area contributed by atoms with Gasteiger partial charge in [-0.25, -0.2) is 9.50 Å². The number of thioether (sulfide) groups is 1. The lowest BCUT2D eigenvalue weighted by Gasteiger charge is -2.13. The first-order chi connectivity index (χ1) is 16.5. The molecule has 0 unspecified atom stereocenters. The van der Waals surface area contributed by atoms with E-state index in [1.807, 2.05) is 49.4 Å². The van der Waals surface area contributed by atoms with Crippen LogP contribution in [0.1, 0.15) is 24.1 Å². The average molecular weight is 477 g/mol. The molecule has 0 aliphatic carbocycles. The monoisotopic (exact) mass is 476 g/mol. The topological polar surface area (TPSA) is 77.8 Å². The summed E-state index contributed by atoms with van der Waals surface area (Å²) >= 11 is 1.45. The Morgan fingerprint density at radius 3 is 2.59 bits per heavy atom. The first kappa shape index (κ1) is 23.6. The van der Waals surface area contributed by atoms with Gasteiger partial charge in [-0.2, -0.15) is 5.10 Å². The maximum atomic E-state index is 12.5. The van der Waals surface area contributed by atoms with Crippen molar-refractivity contribution in [2.24, 2.45) is 0 Å². The molecule has 0 saturated carbocycles. The van der Waals surface area contributed by atoms with Crippen LogP contribution in [0.2, 0.25) is 0 Å². The molecule has 4 rings (SSSR count). The van der Waals surface area contributed by atoms with Crippen molar-refractivity contribution >= 4 is 23.3 Å². The summed E-state index contributed by atoms with van der Waals surface area (Å²) in [6.45, 7) is 4.65. The van der Waals surface area contributed by atoms with Crippen LogP contribution in [0.25, 0.3) is 16.8 Å². The third-order valence-electron chi connectivity index (χ3n) is 5.59. The molecule has 1 amide bonds. The molecule has 0 spiro atoms. The van der Waals surface area contributed by atoms with Crippen LogP contribution in [0.3, 0.4) is 0 Å². The number of ether oxygens (including phenoxy) is 2. The summed E-state index contributed by atoms with van der Waals surface area (Å²) < 4.78 is 12.6. The number of fused-ring (bicyclic) bond motifs is 1. The highest BCUT2D eigenvalue weighted by molar-refractivity contribution is 7.99. The smallest absolute Gasteiger partial charge is 0.230 e. The van der Waals surface area contributed by atoms with Crippen molar-refractivity contribution in [1.82, 2.24) is 19.9 Å². The summed E-state index contributed by atoms with van der Waals surface area (Å²) in [5.74, 6) is 1.84. The van der Waals surface area contributed by atoms with Crippen LogP contribution in [-0.4, -0.2) is 47.0 Å². The number of aromatic nitrogens is 3. The Morgan fingerprint density at radius 2 is 1.85 bits per heavy atom. The average Bonchev–Trinajstić information content (AvgIpc) is 3.29. The van der Waals surface area contributed by atoms with Crippen LogP contribution in [0.5, 0.6) is 11.5 Å². The van der Waals surface area contributed by atoms with Crippen molar-refractivity contribution in [2.75, 3.05) is 26.5 Å². The standard InChI is InChI=1S/C26H28N4O3S/c1-17(19-8-6-5-7-9-19)14-27-24(31)16-34-25-12-18(2)29-26-21(15-28-30(25)26)20-10-11-22(32-3)23(13-20)33-4/h5-13,15,17H,14,16H2,1-4H3,(H,27,31)/t17-/m1/s1. The molecule has 2 heterocycles.